The zero-order valence-electron chi connectivity index (χ0n) is 11.3. The molecule has 1 fully saturated rings. The first-order valence-electron chi connectivity index (χ1n) is 6.74. The predicted octanol–water partition coefficient (Wildman–Crippen LogP) is 1.21. The summed E-state index contributed by atoms with van der Waals surface area (Å²) in [6, 6.07) is 0. The van der Waals surface area contributed by atoms with Crippen molar-refractivity contribution in [3.63, 3.8) is 0 Å². The second-order valence-corrected chi connectivity index (χ2v) is 5.38. The Balaban J connectivity index is 1.59. The van der Waals surface area contributed by atoms with Gasteiger partial charge in [0.05, 0.1) is 19.0 Å². The minimum absolute atomic E-state index is 0.0412. The number of esters is 1. The molecular formula is C14H17N3O3. The molecule has 3 atom stereocenters. The quantitative estimate of drug-likeness (QED) is 0.662. The lowest BCUT2D eigenvalue weighted by atomic mass is 9.93. The van der Waals surface area contributed by atoms with Crippen LogP contribution in [0.25, 0.3) is 0 Å². The smallest absolute Gasteiger partial charge is 0.327 e. The fourth-order valence-corrected chi connectivity index (χ4v) is 3.03. The van der Waals surface area contributed by atoms with Crippen LogP contribution in [0.2, 0.25) is 0 Å². The van der Waals surface area contributed by atoms with Gasteiger partial charge in [0, 0.05) is 12.1 Å². The third-order valence-corrected chi connectivity index (χ3v) is 4.04. The first-order chi connectivity index (χ1) is 9.65. The van der Waals surface area contributed by atoms with Crippen molar-refractivity contribution in [1.82, 2.24) is 9.78 Å². The lowest BCUT2D eigenvalue weighted by molar-refractivity contribution is -0.141. The largest absolute Gasteiger partial charge is 0.468 e. The van der Waals surface area contributed by atoms with Gasteiger partial charge in [-0.2, -0.15) is 5.10 Å². The number of nitrogens with one attached hydrogen (secondary N) is 1. The van der Waals surface area contributed by atoms with Crippen LogP contribution in [-0.4, -0.2) is 28.8 Å². The van der Waals surface area contributed by atoms with Crippen molar-refractivity contribution < 1.29 is 14.3 Å². The molecule has 106 valence electrons. The number of hydrogen-bond donors (Lipinski definition) is 1. The lowest BCUT2D eigenvalue weighted by Crippen LogP contribution is -2.25. The molecule has 20 heavy (non-hydrogen) atoms. The fraction of sp³-hybridized carbons (Fsp3) is 0.500. The summed E-state index contributed by atoms with van der Waals surface area (Å²) in [5.41, 5.74) is 0.616. The van der Waals surface area contributed by atoms with Gasteiger partial charge in [0.25, 0.3) is 0 Å². The van der Waals surface area contributed by atoms with Crippen molar-refractivity contribution in [3.8, 4) is 0 Å². The molecule has 1 amide bonds. The van der Waals surface area contributed by atoms with E-state index in [1.807, 2.05) is 0 Å². The van der Waals surface area contributed by atoms with Crippen molar-refractivity contribution >= 4 is 17.6 Å². The predicted molar refractivity (Wildman–Crippen MR) is 71.7 cm³/mol. The summed E-state index contributed by atoms with van der Waals surface area (Å²) < 4.78 is 6.01. The number of carbonyl (C=O) groups is 2. The topological polar surface area (TPSA) is 73.2 Å². The highest BCUT2D eigenvalue weighted by Gasteiger charge is 2.39. The van der Waals surface area contributed by atoms with Gasteiger partial charge in [-0.25, -0.2) is 0 Å². The molecule has 1 aromatic heterocycles. The van der Waals surface area contributed by atoms with Crippen molar-refractivity contribution in [2.45, 2.75) is 19.4 Å². The molecule has 1 aromatic rings. The van der Waals surface area contributed by atoms with E-state index < -0.39 is 0 Å². The first-order valence-corrected chi connectivity index (χ1v) is 6.74. The van der Waals surface area contributed by atoms with Gasteiger partial charge in [0.2, 0.25) is 5.91 Å². The van der Waals surface area contributed by atoms with Crippen molar-refractivity contribution in [2.24, 2.45) is 17.8 Å². The summed E-state index contributed by atoms with van der Waals surface area (Å²) >= 11 is 0. The van der Waals surface area contributed by atoms with Crippen LogP contribution in [0, 0.1) is 17.8 Å². The minimum Gasteiger partial charge on any atom is -0.468 e. The van der Waals surface area contributed by atoms with Gasteiger partial charge in [-0.15, -0.1) is 0 Å². The van der Waals surface area contributed by atoms with E-state index >= 15 is 0 Å². The molecule has 0 spiro atoms. The molecule has 2 aliphatic rings. The average Bonchev–Trinajstić information content (AvgIpc) is 3.14. The molecule has 6 nitrogen and oxygen atoms in total. The normalized spacial score (nSPS) is 26.8. The van der Waals surface area contributed by atoms with Crippen LogP contribution in [0.4, 0.5) is 5.69 Å². The van der Waals surface area contributed by atoms with E-state index in [1.54, 1.807) is 12.4 Å². The van der Waals surface area contributed by atoms with Gasteiger partial charge in [-0.3, -0.25) is 14.3 Å². The zero-order valence-corrected chi connectivity index (χ0v) is 11.3. The van der Waals surface area contributed by atoms with Gasteiger partial charge in [-0.05, 0) is 24.7 Å². The van der Waals surface area contributed by atoms with Gasteiger partial charge < -0.3 is 10.1 Å². The molecule has 1 heterocycles. The number of aromatic nitrogens is 2. The molecule has 0 radical (unpaired) electrons. The van der Waals surface area contributed by atoms with Gasteiger partial charge in [0.1, 0.15) is 6.54 Å². The van der Waals surface area contributed by atoms with Crippen molar-refractivity contribution in [3.05, 3.63) is 24.5 Å². The lowest BCUT2D eigenvalue weighted by Gasteiger charge is -2.16. The van der Waals surface area contributed by atoms with Gasteiger partial charge in [0.15, 0.2) is 0 Å². The van der Waals surface area contributed by atoms with Crippen LogP contribution in [0.3, 0.4) is 0 Å². The van der Waals surface area contributed by atoms with Crippen molar-refractivity contribution in [2.75, 3.05) is 12.4 Å². The molecule has 6 heteroatoms. The standard InChI is InChI=1S/C14H17N3O3/c1-20-13(18)8-17-7-11(6-15-17)16-14(19)12-5-9-2-3-10(12)4-9/h2-3,6-7,9-10,12H,4-5,8H2,1H3,(H,16,19). The summed E-state index contributed by atoms with van der Waals surface area (Å²) in [5, 5.41) is 6.89. The molecule has 2 bridgehead atoms. The maximum Gasteiger partial charge on any atom is 0.327 e. The number of nitrogens with zero attached hydrogens (tertiary/aromatic N) is 2. The number of allylic oxidation sites excluding steroid dienone is 2. The molecule has 2 aliphatic carbocycles. The highest BCUT2D eigenvalue weighted by atomic mass is 16.5. The van der Waals surface area contributed by atoms with Crippen molar-refractivity contribution in [1.29, 1.82) is 0 Å². The second kappa shape index (κ2) is 5.11. The first kappa shape index (κ1) is 12.9. The van der Waals surface area contributed by atoms with Crippen LogP contribution >= 0.6 is 0 Å². The maximum absolute atomic E-state index is 12.2. The van der Waals surface area contributed by atoms with E-state index in [4.69, 9.17) is 0 Å². The monoisotopic (exact) mass is 275 g/mol. The van der Waals surface area contributed by atoms with E-state index in [9.17, 15) is 9.59 Å². The molecule has 0 saturated heterocycles. The van der Waals surface area contributed by atoms with Crippen LogP contribution in [-0.2, 0) is 20.9 Å². The Hall–Kier alpha value is -2.11. The number of hydrogen-bond acceptors (Lipinski definition) is 4. The maximum atomic E-state index is 12.2. The molecule has 3 rings (SSSR count). The SMILES string of the molecule is COC(=O)Cn1cc(NC(=O)C2CC3C=CC2C3)cn1. The number of fused-ring (bicyclic) bond motifs is 2. The molecule has 0 aromatic carbocycles. The van der Waals surface area contributed by atoms with Crippen LogP contribution in [0.1, 0.15) is 12.8 Å². The van der Waals surface area contributed by atoms with E-state index in [0.717, 1.165) is 12.8 Å². The molecule has 3 unspecified atom stereocenters. The Morgan fingerprint density at radius 3 is 2.95 bits per heavy atom. The second-order valence-electron chi connectivity index (χ2n) is 5.38. The van der Waals surface area contributed by atoms with Gasteiger partial charge >= 0.3 is 5.97 Å². The van der Waals surface area contributed by atoms with E-state index in [0.29, 0.717) is 17.5 Å². The van der Waals surface area contributed by atoms with E-state index in [-0.39, 0.29) is 24.3 Å². The summed E-state index contributed by atoms with van der Waals surface area (Å²) in [6.45, 7) is 0.0449. The number of ether oxygens (including phenoxy) is 1. The molecule has 0 aliphatic heterocycles. The van der Waals surface area contributed by atoms with E-state index in [2.05, 4.69) is 27.3 Å². The number of carbonyl (C=O) groups excluding carboxylic acids is 2. The number of anilines is 1. The number of rotatable bonds is 4. The number of amides is 1. The molecular weight excluding hydrogens is 258 g/mol. The Morgan fingerprint density at radius 1 is 1.45 bits per heavy atom. The summed E-state index contributed by atoms with van der Waals surface area (Å²) in [4.78, 5) is 23.3. The summed E-state index contributed by atoms with van der Waals surface area (Å²) in [5.74, 6) is 0.681. The summed E-state index contributed by atoms with van der Waals surface area (Å²) in [6.07, 6.45) is 9.58. The highest BCUT2D eigenvalue weighted by molar-refractivity contribution is 5.93. The zero-order chi connectivity index (χ0) is 14.1. The Labute approximate surface area is 116 Å². The van der Waals surface area contributed by atoms with Gasteiger partial charge in [-0.1, -0.05) is 12.2 Å². The van der Waals surface area contributed by atoms with E-state index in [1.165, 1.54) is 11.8 Å². The highest BCUT2D eigenvalue weighted by Crippen LogP contribution is 2.43. The third kappa shape index (κ3) is 2.45. The minimum atomic E-state index is -0.371. The molecule has 1 saturated carbocycles. The fourth-order valence-electron chi connectivity index (χ4n) is 3.03. The van der Waals surface area contributed by atoms with Crippen LogP contribution in [0.15, 0.2) is 24.5 Å². The average molecular weight is 275 g/mol. The Kier molecular flexibility index (Phi) is 3.30. The number of methoxy groups -OCH3 is 1. The van der Waals surface area contributed by atoms with Crippen LogP contribution < -0.4 is 5.32 Å². The summed E-state index contributed by atoms with van der Waals surface area (Å²) in [7, 11) is 1.33. The van der Waals surface area contributed by atoms with Crippen LogP contribution in [0.5, 0.6) is 0 Å². The third-order valence-electron chi connectivity index (χ3n) is 4.04. The Morgan fingerprint density at radius 2 is 2.30 bits per heavy atom. The molecule has 1 N–H and O–H groups in total. The Bertz CT molecular complexity index is 564.